The molecule has 0 unspecified atom stereocenters. The lowest BCUT2D eigenvalue weighted by molar-refractivity contribution is 0.561. The fourth-order valence-corrected chi connectivity index (χ4v) is 6.21. The van der Waals surface area contributed by atoms with E-state index < -0.39 is 10.0 Å². The maximum atomic E-state index is 12.1. The molecule has 2 rings (SSSR count). The molecule has 0 radical (unpaired) electrons. The monoisotopic (exact) mass is 387 g/mol. The van der Waals surface area contributed by atoms with Gasteiger partial charge in [-0.15, -0.1) is 11.3 Å². The lowest BCUT2D eigenvalue weighted by Crippen LogP contribution is -2.38. The summed E-state index contributed by atoms with van der Waals surface area (Å²) in [7, 11) is -3.38. The lowest BCUT2D eigenvalue weighted by atomic mass is 10.4. The van der Waals surface area contributed by atoms with E-state index in [1.807, 2.05) is 6.92 Å². The average molecular weight is 389 g/mol. The van der Waals surface area contributed by atoms with Crippen LogP contribution in [0, 0.1) is 6.92 Å². The molecule has 0 amide bonds. The fourth-order valence-electron chi connectivity index (χ4n) is 1.45. The van der Waals surface area contributed by atoms with Gasteiger partial charge >= 0.3 is 0 Å². The van der Waals surface area contributed by atoms with Crippen molar-refractivity contribution >= 4 is 53.2 Å². The third-order valence-corrected chi connectivity index (χ3v) is 7.05. The van der Waals surface area contributed by atoms with Crippen LogP contribution in [-0.4, -0.2) is 19.3 Å². The molecule has 1 aromatic heterocycles. The number of halogens is 2. The highest BCUT2D eigenvalue weighted by molar-refractivity contribution is 9.11. The van der Waals surface area contributed by atoms with Crippen molar-refractivity contribution in [1.29, 1.82) is 0 Å². The van der Waals surface area contributed by atoms with Gasteiger partial charge in [0.25, 0.3) is 0 Å². The van der Waals surface area contributed by atoms with Crippen LogP contribution in [0.25, 0.3) is 0 Å². The molecule has 1 aromatic rings. The smallest absolute Gasteiger partial charge is 0.207 e. The van der Waals surface area contributed by atoms with Gasteiger partial charge in [0.1, 0.15) is 0 Å². The highest BCUT2D eigenvalue weighted by Crippen LogP contribution is 2.39. The average Bonchev–Trinajstić information content (AvgIpc) is 2.85. The van der Waals surface area contributed by atoms with E-state index in [2.05, 4.69) is 36.6 Å². The predicted octanol–water partition coefficient (Wildman–Crippen LogP) is 3.02. The van der Waals surface area contributed by atoms with Crippen LogP contribution in [0.1, 0.15) is 17.7 Å². The summed E-state index contributed by atoms with van der Waals surface area (Å²) >= 11 is 8.09. The largest absolute Gasteiger partial charge is 0.242 e. The Labute approximate surface area is 116 Å². The molecule has 16 heavy (non-hydrogen) atoms. The van der Waals surface area contributed by atoms with E-state index in [1.165, 1.54) is 11.3 Å². The SMILES string of the molecule is Cc1sc(Br)cc1S(=O)(=O)NC1(CBr)CC1. The Morgan fingerprint density at radius 2 is 2.19 bits per heavy atom. The number of nitrogens with one attached hydrogen (secondary N) is 1. The molecule has 3 nitrogen and oxygen atoms in total. The number of hydrogen-bond acceptors (Lipinski definition) is 3. The minimum atomic E-state index is -3.38. The van der Waals surface area contributed by atoms with E-state index in [9.17, 15) is 8.42 Å². The Morgan fingerprint density at radius 3 is 2.56 bits per heavy atom. The van der Waals surface area contributed by atoms with E-state index in [-0.39, 0.29) is 5.54 Å². The predicted molar refractivity (Wildman–Crippen MR) is 72.8 cm³/mol. The summed E-state index contributed by atoms with van der Waals surface area (Å²) in [6.07, 6.45) is 1.81. The van der Waals surface area contributed by atoms with Gasteiger partial charge in [-0.25, -0.2) is 13.1 Å². The number of rotatable bonds is 4. The van der Waals surface area contributed by atoms with Gasteiger partial charge in [0.2, 0.25) is 10.0 Å². The van der Waals surface area contributed by atoms with Crippen molar-refractivity contribution in [3.05, 3.63) is 14.7 Å². The fraction of sp³-hybridized carbons (Fsp3) is 0.556. The van der Waals surface area contributed by atoms with Crippen molar-refractivity contribution < 1.29 is 8.42 Å². The molecule has 90 valence electrons. The summed E-state index contributed by atoms with van der Waals surface area (Å²) in [5.41, 5.74) is -0.250. The Morgan fingerprint density at radius 1 is 1.56 bits per heavy atom. The first-order valence-corrected chi connectivity index (χ1v) is 8.96. The number of aryl methyl sites for hydroxylation is 1. The summed E-state index contributed by atoms with van der Waals surface area (Å²) in [6, 6.07) is 1.66. The Balaban J connectivity index is 2.29. The summed E-state index contributed by atoms with van der Waals surface area (Å²) in [4.78, 5) is 1.20. The molecular weight excluding hydrogens is 378 g/mol. The van der Waals surface area contributed by atoms with Crippen molar-refractivity contribution in [2.24, 2.45) is 0 Å². The zero-order chi connectivity index (χ0) is 12.0. The van der Waals surface area contributed by atoms with Crippen LogP contribution in [0.3, 0.4) is 0 Å². The van der Waals surface area contributed by atoms with Gasteiger partial charge in [0.05, 0.1) is 8.68 Å². The number of sulfonamides is 1. The van der Waals surface area contributed by atoms with Crippen molar-refractivity contribution in [1.82, 2.24) is 4.72 Å². The van der Waals surface area contributed by atoms with E-state index in [1.54, 1.807) is 6.07 Å². The third kappa shape index (κ3) is 2.53. The molecule has 0 saturated heterocycles. The van der Waals surface area contributed by atoms with Crippen LogP contribution >= 0.6 is 43.2 Å². The molecule has 7 heteroatoms. The molecule has 1 heterocycles. The molecule has 1 aliphatic rings. The molecule has 1 saturated carbocycles. The van der Waals surface area contributed by atoms with Crippen molar-refractivity contribution in [2.75, 3.05) is 5.33 Å². The van der Waals surface area contributed by atoms with Gasteiger partial charge in [0.15, 0.2) is 0 Å². The first-order valence-electron chi connectivity index (χ1n) is 4.74. The summed E-state index contributed by atoms with van der Waals surface area (Å²) in [5.74, 6) is 0. The van der Waals surface area contributed by atoms with Crippen LogP contribution in [0.2, 0.25) is 0 Å². The van der Waals surface area contributed by atoms with Gasteiger partial charge in [-0.05, 0) is 41.8 Å². The zero-order valence-electron chi connectivity index (χ0n) is 8.59. The van der Waals surface area contributed by atoms with Crippen molar-refractivity contribution in [3.8, 4) is 0 Å². The van der Waals surface area contributed by atoms with E-state index >= 15 is 0 Å². The summed E-state index contributed by atoms with van der Waals surface area (Å²) < 4.78 is 27.9. The molecule has 0 spiro atoms. The summed E-state index contributed by atoms with van der Waals surface area (Å²) in [6.45, 7) is 1.82. The second-order valence-corrected chi connectivity index (χ2v) is 8.84. The first kappa shape index (κ1) is 13.0. The molecule has 0 atom stereocenters. The maximum Gasteiger partial charge on any atom is 0.242 e. The van der Waals surface area contributed by atoms with Crippen molar-refractivity contribution in [2.45, 2.75) is 30.2 Å². The second kappa shape index (κ2) is 4.35. The van der Waals surface area contributed by atoms with E-state index in [0.29, 0.717) is 10.2 Å². The molecule has 0 aliphatic heterocycles. The Bertz CT molecular complexity index is 506. The number of alkyl halides is 1. The minimum absolute atomic E-state index is 0.250. The van der Waals surface area contributed by atoms with Crippen LogP contribution in [-0.2, 0) is 10.0 Å². The zero-order valence-corrected chi connectivity index (χ0v) is 13.4. The lowest BCUT2D eigenvalue weighted by Gasteiger charge is -2.14. The van der Waals surface area contributed by atoms with Crippen LogP contribution in [0.4, 0.5) is 0 Å². The van der Waals surface area contributed by atoms with Gasteiger partial charge in [0, 0.05) is 15.7 Å². The third-order valence-electron chi connectivity index (χ3n) is 2.59. The van der Waals surface area contributed by atoms with Crippen LogP contribution in [0.15, 0.2) is 14.7 Å². The maximum absolute atomic E-state index is 12.1. The normalized spacial score (nSPS) is 18.7. The number of thiophene rings is 1. The topological polar surface area (TPSA) is 46.2 Å². The van der Waals surface area contributed by atoms with Crippen LogP contribution < -0.4 is 4.72 Å². The Hall–Kier alpha value is 0.570. The minimum Gasteiger partial charge on any atom is -0.207 e. The molecule has 1 aliphatic carbocycles. The van der Waals surface area contributed by atoms with Gasteiger partial charge in [-0.2, -0.15) is 0 Å². The standard InChI is InChI=1S/C9H11Br2NO2S2/c1-6-7(4-8(11)15-6)16(13,14)12-9(5-10)2-3-9/h4,12H,2-3,5H2,1H3. The second-order valence-electron chi connectivity index (χ2n) is 3.99. The molecule has 1 fully saturated rings. The van der Waals surface area contributed by atoms with E-state index in [4.69, 9.17) is 0 Å². The first-order chi connectivity index (χ1) is 7.38. The van der Waals surface area contributed by atoms with Crippen molar-refractivity contribution in [3.63, 3.8) is 0 Å². The Kier molecular flexibility index (Phi) is 3.54. The van der Waals surface area contributed by atoms with E-state index in [0.717, 1.165) is 21.5 Å². The highest BCUT2D eigenvalue weighted by Gasteiger charge is 2.45. The quantitative estimate of drug-likeness (QED) is 0.805. The highest BCUT2D eigenvalue weighted by atomic mass is 79.9. The number of hydrogen-bond donors (Lipinski definition) is 1. The molecule has 0 aromatic carbocycles. The molecule has 0 bridgehead atoms. The van der Waals surface area contributed by atoms with Gasteiger partial charge < -0.3 is 0 Å². The van der Waals surface area contributed by atoms with Gasteiger partial charge in [-0.3, -0.25) is 0 Å². The van der Waals surface area contributed by atoms with Crippen LogP contribution in [0.5, 0.6) is 0 Å². The molecular formula is C9H11Br2NO2S2. The van der Waals surface area contributed by atoms with Gasteiger partial charge in [-0.1, -0.05) is 15.9 Å². The summed E-state index contributed by atoms with van der Waals surface area (Å²) in [5, 5.41) is 0.670. The molecule has 1 N–H and O–H groups in total.